The lowest BCUT2D eigenvalue weighted by atomic mass is 10.2. The van der Waals surface area contributed by atoms with Gasteiger partial charge in [-0.05, 0) is 7.05 Å². The molecular formula is C12H15F3N2O. The van der Waals surface area contributed by atoms with E-state index in [1.807, 2.05) is 7.05 Å². The number of hydrogen-bond acceptors (Lipinski definition) is 3. The summed E-state index contributed by atoms with van der Waals surface area (Å²) in [6, 6.07) is 1.45. The molecule has 1 aromatic rings. The van der Waals surface area contributed by atoms with Gasteiger partial charge < -0.3 is 15.0 Å². The highest BCUT2D eigenvalue weighted by molar-refractivity contribution is 5.45. The second-order valence-corrected chi connectivity index (χ2v) is 4.39. The van der Waals surface area contributed by atoms with Crippen LogP contribution in [-0.2, 0) is 4.74 Å². The molecule has 0 radical (unpaired) electrons. The van der Waals surface area contributed by atoms with Gasteiger partial charge in [0.05, 0.1) is 18.4 Å². The first-order chi connectivity index (χ1) is 8.56. The van der Waals surface area contributed by atoms with Gasteiger partial charge in [0, 0.05) is 31.8 Å². The summed E-state index contributed by atoms with van der Waals surface area (Å²) in [5, 5.41) is 2.68. The molecule has 0 aliphatic carbocycles. The van der Waals surface area contributed by atoms with Gasteiger partial charge >= 0.3 is 0 Å². The second-order valence-electron chi connectivity index (χ2n) is 4.39. The maximum atomic E-state index is 13.4. The molecule has 0 bridgehead atoms. The van der Waals surface area contributed by atoms with E-state index in [9.17, 15) is 13.2 Å². The minimum absolute atomic E-state index is 0.116. The molecule has 2 rings (SSSR count). The summed E-state index contributed by atoms with van der Waals surface area (Å²) in [6.07, 6.45) is -0.116. The molecule has 18 heavy (non-hydrogen) atoms. The van der Waals surface area contributed by atoms with Gasteiger partial charge in [0.15, 0.2) is 11.6 Å². The van der Waals surface area contributed by atoms with Crippen molar-refractivity contribution in [3.63, 3.8) is 0 Å². The molecule has 0 aromatic heterocycles. The van der Waals surface area contributed by atoms with Crippen molar-refractivity contribution in [1.82, 2.24) is 4.90 Å². The zero-order valence-corrected chi connectivity index (χ0v) is 10.0. The number of ether oxygens (including phenoxy) is 1. The standard InChI is InChI=1S/C12H15F3N2O/c1-17-2-3-18-9(7-17)6-16-11-5-8(13)4-10(14)12(11)15/h4-5,9,16H,2-3,6-7H2,1H3. The van der Waals surface area contributed by atoms with E-state index in [1.165, 1.54) is 0 Å². The maximum Gasteiger partial charge on any atom is 0.182 e. The number of likely N-dealkylation sites (N-methyl/N-ethyl adjacent to an activating group) is 1. The van der Waals surface area contributed by atoms with E-state index < -0.39 is 17.5 Å². The fourth-order valence-electron chi connectivity index (χ4n) is 1.90. The van der Waals surface area contributed by atoms with Crippen LogP contribution in [0.5, 0.6) is 0 Å². The smallest absolute Gasteiger partial charge is 0.182 e. The van der Waals surface area contributed by atoms with Crippen molar-refractivity contribution >= 4 is 5.69 Å². The Balaban J connectivity index is 1.97. The highest BCUT2D eigenvalue weighted by atomic mass is 19.2. The maximum absolute atomic E-state index is 13.4. The van der Waals surface area contributed by atoms with Crippen LogP contribution in [0.2, 0.25) is 0 Å². The quantitative estimate of drug-likeness (QED) is 0.839. The largest absolute Gasteiger partial charge is 0.380 e. The molecule has 3 nitrogen and oxygen atoms in total. The van der Waals surface area contributed by atoms with E-state index in [2.05, 4.69) is 10.2 Å². The molecule has 0 saturated carbocycles. The van der Waals surface area contributed by atoms with E-state index >= 15 is 0 Å². The van der Waals surface area contributed by atoms with Crippen LogP contribution >= 0.6 is 0 Å². The van der Waals surface area contributed by atoms with Gasteiger partial charge in [0.25, 0.3) is 0 Å². The molecule has 1 aromatic carbocycles. The van der Waals surface area contributed by atoms with Gasteiger partial charge in [0.1, 0.15) is 5.82 Å². The summed E-state index contributed by atoms with van der Waals surface area (Å²) in [7, 11) is 1.96. The number of morpholine rings is 1. The lowest BCUT2D eigenvalue weighted by Crippen LogP contribution is -2.43. The zero-order valence-electron chi connectivity index (χ0n) is 10.0. The third-order valence-electron chi connectivity index (χ3n) is 2.86. The van der Waals surface area contributed by atoms with Gasteiger partial charge in [-0.15, -0.1) is 0 Å². The molecular weight excluding hydrogens is 245 g/mol. The van der Waals surface area contributed by atoms with Gasteiger partial charge in [-0.1, -0.05) is 0 Å². The molecule has 1 unspecified atom stereocenters. The first-order valence-electron chi connectivity index (χ1n) is 5.75. The summed E-state index contributed by atoms with van der Waals surface area (Å²) in [4.78, 5) is 2.08. The molecule has 1 aliphatic rings. The van der Waals surface area contributed by atoms with Crippen LogP contribution in [0.4, 0.5) is 18.9 Å². The Kier molecular flexibility index (Phi) is 4.08. The molecule has 100 valence electrons. The molecule has 1 atom stereocenters. The van der Waals surface area contributed by atoms with Crippen LogP contribution in [0, 0.1) is 17.5 Å². The Morgan fingerprint density at radius 3 is 2.89 bits per heavy atom. The topological polar surface area (TPSA) is 24.5 Å². The molecule has 1 saturated heterocycles. The third-order valence-corrected chi connectivity index (χ3v) is 2.86. The normalized spacial score (nSPS) is 21.0. The van der Waals surface area contributed by atoms with Crippen molar-refractivity contribution in [3.8, 4) is 0 Å². The predicted octanol–water partition coefficient (Wildman–Crippen LogP) is 1.85. The predicted molar refractivity (Wildman–Crippen MR) is 62.0 cm³/mol. The van der Waals surface area contributed by atoms with Crippen LogP contribution in [0.15, 0.2) is 12.1 Å². The number of anilines is 1. The lowest BCUT2D eigenvalue weighted by Gasteiger charge is -2.30. The molecule has 6 heteroatoms. The molecule has 0 spiro atoms. The van der Waals surface area contributed by atoms with Crippen molar-refractivity contribution in [2.45, 2.75) is 6.10 Å². The highest BCUT2D eigenvalue weighted by Crippen LogP contribution is 2.19. The van der Waals surface area contributed by atoms with Gasteiger partial charge in [-0.2, -0.15) is 0 Å². The highest BCUT2D eigenvalue weighted by Gasteiger charge is 2.18. The number of rotatable bonds is 3. The van der Waals surface area contributed by atoms with Gasteiger partial charge in [-0.25, -0.2) is 13.2 Å². The minimum atomic E-state index is -1.20. The van der Waals surface area contributed by atoms with Crippen molar-refractivity contribution in [1.29, 1.82) is 0 Å². The van der Waals surface area contributed by atoms with Crippen LogP contribution in [0.25, 0.3) is 0 Å². The molecule has 1 heterocycles. The van der Waals surface area contributed by atoms with Crippen LogP contribution < -0.4 is 5.32 Å². The Morgan fingerprint density at radius 1 is 1.39 bits per heavy atom. The fourth-order valence-corrected chi connectivity index (χ4v) is 1.90. The van der Waals surface area contributed by atoms with Crippen molar-refractivity contribution in [2.75, 3.05) is 38.6 Å². The van der Waals surface area contributed by atoms with Crippen LogP contribution in [-0.4, -0.2) is 44.3 Å². The van der Waals surface area contributed by atoms with E-state index in [4.69, 9.17) is 4.74 Å². The average Bonchev–Trinajstić information content (AvgIpc) is 2.32. The molecule has 1 fully saturated rings. The molecule has 1 aliphatic heterocycles. The summed E-state index contributed by atoms with van der Waals surface area (Å²) in [6.45, 7) is 2.46. The lowest BCUT2D eigenvalue weighted by molar-refractivity contribution is -0.0117. The van der Waals surface area contributed by atoms with E-state index in [1.54, 1.807) is 0 Å². The summed E-state index contributed by atoms with van der Waals surface area (Å²) in [5.74, 6) is -3.07. The Bertz CT molecular complexity index is 428. The number of benzene rings is 1. The summed E-state index contributed by atoms with van der Waals surface area (Å²) in [5.41, 5.74) is -0.177. The monoisotopic (exact) mass is 260 g/mol. The Morgan fingerprint density at radius 2 is 2.17 bits per heavy atom. The van der Waals surface area contributed by atoms with Gasteiger partial charge in [-0.3, -0.25) is 0 Å². The van der Waals surface area contributed by atoms with Crippen LogP contribution in [0.1, 0.15) is 0 Å². The SMILES string of the molecule is CN1CCOC(CNc2cc(F)cc(F)c2F)C1. The van der Waals surface area contributed by atoms with E-state index in [0.717, 1.165) is 12.6 Å². The van der Waals surface area contributed by atoms with Crippen molar-refractivity contribution < 1.29 is 17.9 Å². The average molecular weight is 260 g/mol. The van der Waals surface area contributed by atoms with Crippen molar-refractivity contribution in [3.05, 3.63) is 29.6 Å². The summed E-state index contributed by atoms with van der Waals surface area (Å²) >= 11 is 0. The first-order valence-corrected chi connectivity index (χ1v) is 5.75. The molecule has 0 amide bonds. The summed E-state index contributed by atoms with van der Waals surface area (Å²) < 4.78 is 44.7. The minimum Gasteiger partial charge on any atom is -0.380 e. The second kappa shape index (κ2) is 5.58. The van der Waals surface area contributed by atoms with E-state index in [-0.39, 0.29) is 11.8 Å². The molecule has 1 N–H and O–H groups in total. The van der Waals surface area contributed by atoms with E-state index in [0.29, 0.717) is 25.8 Å². The van der Waals surface area contributed by atoms with Gasteiger partial charge in [0.2, 0.25) is 0 Å². The number of hydrogen-bond donors (Lipinski definition) is 1. The van der Waals surface area contributed by atoms with Crippen LogP contribution in [0.3, 0.4) is 0 Å². The first kappa shape index (κ1) is 13.2. The number of halogens is 3. The Hall–Kier alpha value is -1.27. The Labute approximate surface area is 104 Å². The van der Waals surface area contributed by atoms with Crippen molar-refractivity contribution in [2.24, 2.45) is 0 Å². The third kappa shape index (κ3) is 3.14. The number of nitrogens with zero attached hydrogens (tertiary/aromatic N) is 1. The fraction of sp³-hybridized carbons (Fsp3) is 0.500. The number of nitrogens with one attached hydrogen (secondary N) is 1. The zero-order chi connectivity index (χ0) is 13.1.